The van der Waals surface area contributed by atoms with Crippen LogP contribution in [0.15, 0.2) is 84.4 Å². The van der Waals surface area contributed by atoms with Gasteiger partial charge in [0.1, 0.15) is 12.1 Å². The molecule has 1 aliphatic rings. The number of nitrogens with one attached hydrogen (secondary N) is 2. The minimum Gasteiger partial charge on any atom is -0.351 e. The summed E-state index contributed by atoms with van der Waals surface area (Å²) in [6, 6.07) is 21.7. The van der Waals surface area contributed by atoms with Gasteiger partial charge in [0.05, 0.1) is 0 Å². The van der Waals surface area contributed by atoms with E-state index in [0.29, 0.717) is 12.0 Å². The third kappa shape index (κ3) is 9.77. The van der Waals surface area contributed by atoms with E-state index in [1.165, 1.54) is 9.80 Å². The Labute approximate surface area is 287 Å². The van der Waals surface area contributed by atoms with Crippen molar-refractivity contribution in [2.75, 3.05) is 14.1 Å². The molecule has 1 saturated heterocycles. The molecule has 8 nitrogen and oxygen atoms in total. The Bertz CT molecular complexity index is 1620. The van der Waals surface area contributed by atoms with E-state index in [0.717, 1.165) is 34.8 Å². The summed E-state index contributed by atoms with van der Waals surface area (Å²) in [5.41, 5.74) is 7.88. The van der Waals surface area contributed by atoms with Gasteiger partial charge in [-0.2, -0.15) is 0 Å². The van der Waals surface area contributed by atoms with E-state index in [9.17, 15) is 14.4 Å². The molecule has 3 aromatic rings. The lowest BCUT2D eigenvalue weighted by Crippen LogP contribution is -2.62. The predicted molar refractivity (Wildman–Crippen MR) is 195 cm³/mol. The van der Waals surface area contributed by atoms with Crippen LogP contribution in [-0.2, 0) is 20.8 Å². The summed E-state index contributed by atoms with van der Waals surface area (Å²) in [4.78, 5) is 45.7. The SMILES string of the molecule is C/C(=C\C(=O)N(C)[C@H](Cc1ccc2ccccc2c1)C(=O)N(C)C(C(=O)NC1CC(C)(C)NC(C)(C)C1)c1ccccc1)CC(C)(C)N. The maximum atomic E-state index is 14.7. The fourth-order valence-electron chi connectivity index (χ4n) is 7.47. The maximum Gasteiger partial charge on any atom is 0.247 e. The zero-order valence-corrected chi connectivity index (χ0v) is 30.3. The van der Waals surface area contributed by atoms with E-state index < -0.39 is 17.6 Å². The van der Waals surface area contributed by atoms with Crippen LogP contribution in [-0.4, -0.2) is 70.3 Å². The second kappa shape index (κ2) is 14.6. The number of hydrogen-bond acceptors (Lipinski definition) is 5. The lowest BCUT2D eigenvalue weighted by molar-refractivity contribution is -0.146. The molecule has 48 heavy (non-hydrogen) atoms. The smallest absolute Gasteiger partial charge is 0.247 e. The van der Waals surface area contributed by atoms with E-state index in [2.05, 4.69) is 44.4 Å². The van der Waals surface area contributed by atoms with Crippen molar-refractivity contribution in [3.63, 3.8) is 0 Å². The summed E-state index contributed by atoms with van der Waals surface area (Å²) in [7, 11) is 3.33. The highest BCUT2D eigenvalue weighted by atomic mass is 16.2. The van der Waals surface area contributed by atoms with E-state index in [4.69, 9.17) is 5.73 Å². The van der Waals surface area contributed by atoms with Crippen molar-refractivity contribution < 1.29 is 14.4 Å². The van der Waals surface area contributed by atoms with Gasteiger partial charge in [-0.1, -0.05) is 78.4 Å². The molecule has 0 bridgehead atoms. The van der Waals surface area contributed by atoms with Gasteiger partial charge in [0.2, 0.25) is 17.7 Å². The van der Waals surface area contributed by atoms with Crippen molar-refractivity contribution in [3.8, 4) is 0 Å². The van der Waals surface area contributed by atoms with Gasteiger partial charge in [0.25, 0.3) is 0 Å². The van der Waals surface area contributed by atoms with E-state index in [1.807, 2.05) is 87.5 Å². The highest BCUT2D eigenvalue weighted by Gasteiger charge is 2.41. The topological polar surface area (TPSA) is 108 Å². The van der Waals surface area contributed by atoms with Gasteiger partial charge in [0.15, 0.2) is 0 Å². The third-order valence-corrected chi connectivity index (χ3v) is 9.08. The van der Waals surface area contributed by atoms with Crippen molar-refractivity contribution in [1.82, 2.24) is 20.4 Å². The van der Waals surface area contributed by atoms with Crippen molar-refractivity contribution >= 4 is 28.5 Å². The highest BCUT2D eigenvalue weighted by molar-refractivity contribution is 5.95. The Morgan fingerprint density at radius 1 is 0.917 bits per heavy atom. The quantitative estimate of drug-likeness (QED) is 0.223. The van der Waals surface area contributed by atoms with E-state index in [-0.39, 0.29) is 41.3 Å². The van der Waals surface area contributed by atoms with Crippen molar-refractivity contribution in [3.05, 3.63) is 95.6 Å². The molecule has 0 radical (unpaired) electrons. The van der Waals surface area contributed by atoms with Gasteiger partial charge >= 0.3 is 0 Å². The fraction of sp³-hybridized carbons (Fsp3) is 0.475. The van der Waals surface area contributed by atoms with Crippen molar-refractivity contribution in [2.24, 2.45) is 5.73 Å². The minimum absolute atomic E-state index is 0.0731. The van der Waals surface area contributed by atoms with Gasteiger partial charge < -0.3 is 26.2 Å². The Morgan fingerprint density at radius 3 is 2.10 bits per heavy atom. The molecule has 3 amide bonds. The lowest BCUT2D eigenvalue weighted by Gasteiger charge is -2.47. The fourth-order valence-corrected chi connectivity index (χ4v) is 7.47. The summed E-state index contributed by atoms with van der Waals surface area (Å²) in [6.07, 6.45) is 3.90. The molecule has 0 spiro atoms. The Hall–Kier alpha value is -4.01. The summed E-state index contributed by atoms with van der Waals surface area (Å²) < 4.78 is 0. The summed E-state index contributed by atoms with van der Waals surface area (Å²) in [6.45, 7) is 14.3. The minimum atomic E-state index is -0.891. The van der Waals surface area contributed by atoms with Crippen LogP contribution in [0, 0.1) is 0 Å². The molecule has 1 aliphatic heterocycles. The Balaban J connectivity index is 1.69. The van der Waals surface area contributed by atoms with Crippen LogP contribution in [0.1, 0.15) is 84.9 Å². The van der Waals surface area contributed by atoms with Crippen LogP contribution in [0.5, 0.6) is 0 Å². The van der Waals surface area contributed by atoms with Gasteiger partial charge in [0, 0.05) is 49.3 Å². The molecule has 3 aromatic carbocycles. The number of nitrogens with zero attached hydrogens (tertiary/aromatic N) is 2. The molecule has 2 atom stereocenters. The van der Waals surface area contributed by atoms with Gasteiger partial charge in [-0.3, -0.25) is 14.4 Å². The molecule has 0 aliphatic carbocycles. The molecule has 8 heteroatoms. The number of fused-ring (bicyclic) bond motifs is 1. The first-order valence-electron chi connectivity index (χ1n) is 17.0. The molecular formula is C40H55N5O3. The number of carbonyl (C=O) groups excluding carboxylic acids is 3. The number of carbonyl (C=O) groups is 3. The van der Waals surface area contributed by atoms with Crippen LogP contribution >= 0.6 is 0 Å². The molecular weight excluding hydrogens is 598 g/mol. The summed E-state index contributed by atoms with van der Waals surface area (Å²) >= 11 is 0. The average Bonchev–Trinajstić information content (AvgIpc) is 2.97. The normalized spacial score (nSPS) is 17.8. The standard InChI is InChI=1S/C40H55N5O3/c1-27(24-38(2,3)41)21-34(46)44(8)33(23-28-19-20-29-15-13-14-18-31(29)22-28)37(48)45(9)35(30-16-11-10-12-17-30)36(47)42-32-25-39(4,5)43-40(6,7)26-32/h10-22,32-33,35,43H,23-26,41H2,1-9H3,(H,42,47)/b27-21+/t33-,35?/m1/s1. The van der Waals surface area contributed by atoms with Gasteiger partial charge in [-0.15, -0.1) is 0 Å². The zero-order chi connectivity index (χ0) is 35.4. The Kier molecular flexibility index (Phi) is 11.2. The summed E-state index contributed by atoms with van der Waals surface area (Å²) in [5.74, 6) is -0.849. The number of amides is 3. The number of hydrogen-bond donors (Lipinski definition) is 3. The second-order valence-electron chi connectivity index (χ2n) is 15.8. The first-order valence-corrected chi connectivity index (χ1v) is 17.0. The first kappa shape index (κ1) is 36.8. The summed E-state index contributed by atoms with van der Waals surface area (Å²) in [5, 5.41) is 9.12. The number of benzene rings is 3. The highest BCUT2D eigenvalue weighted by Crippen LogP contribution is 2.30. The van der Waals surface area contributed by atoms with Crippen LogP contribution in [0.3, 0.4) is 0 Å². The third-order valence-electron chi connectivity index (χ3n) is 9.08. The van der Waals surface area contributed by atoms with Gasteiger partial charge in [-0.25, -0.2) is 0 Å². The lowest BCUT2D eigenvalue weighted by atomic mass is 9.79. The van der Waals surface area contributed by atoms with Crippen LogP contribution in [0.2, 0.25) is 0 Å². The van der Waals surface area contributed by atoms with Crippen molar-refractivity contribution in [1.29, 1.82) is 0 Å². The molecule has 0 aromatic heterocycles. The van der Waals surface area contributed by atoms with Crippen LogP contribution in [0.25, 0.3) is 10.8 Å². The number of likely N-dealkylation sites (N-methyl/N-ethyl adjacent to an activating group) is 2. The van der Waals surface area contributed by atoms with Crippen LogP contribution < -0.4 is 16.4 Å². The Morgan fingerprint density at radius 2 is 1.50 bits per heavy atom. The molecule has 1 heterocycles. The van der Waals surface area contributed by atoms with E-state index in [1.54, 1.807) is 20.2 Å². The largest absolute Gasteiger partial charge is 0.351 e. The number of rotatable bonds is 11. The monoisotopic (exact) mass is 653 g/mol. The number of nitrogens with two attached hydrogens (primary N) is 1. The van der Waals surface area contributed by atoms with Crippen molar-refractivity contribution in [2.45, 2.75) is 109 Å². The average molecular weight is 654 g/mol. The maximum absolute atomic E-state index is 14.7. The van der Waals surface area contributed by atoms with Crippen LogP contribution in [0.4, 0.5) is 0 Å². The first-order chi connectivity index (χ1) is 22.3. The zero-order valence-electron chi connectivity index (χ0n) is 30.3. The molecule has 258 valence electrons. The molecule has 1 fully saturated rings. The molecule has 1 unspecified atom stereocenters. The molecule has 4 rings (SSSR count). The molecule has 4 N–H and O–H groups in total. The van der Waals surface area contributed by atoms with Gasteiger partial charge in [-0.05, 0) is 89.6 Å². The predicted octanol–water partition coefficient (Wildman–Crippen LogP) is 5.91. The second-order valence-corrected chi connectivity index (χ2v) is 15.8. The van der Waals surface area contributed by atoms with E-state index >= 15 is 0 Å². The number of piperidine rings is 1. The molecule has 0 saturated carbocycles.